The average Bonchev–Trinajstić information content (AvgIpc) is 2.26. The summed E-state index contributed by atoms with van der Waals surface area (Å²) < 4.78 is 30.7. The molecular weight excluding hydrogens is 256 g/mol. The van der Waals surface area contributed by atoms with E-state index in [4.69, 9.17) is 10.3 Å². The molecule has 0 rings (SSSR count). The van der Waals surface area contributed by atoms with Crippen molar-refractivity contribution in [2.75, 3.05) is 33.8 Å². The lowest BCUT2D eigenvalue weighted by atomic mass is 10.3. The molecule has 0 unspecified atom stereocenters. The van der Waals surface area contributed by atoms with Crippen LogP contribution in [0.15, 0.2) is 0 Å². The lowest BCUT2D eigenvalue weighted by molar-refractivity contribution is 0.283. The predicted molar refractivity (Wildman–Crippen MR) is 76.0 cm³/mol. The van der Waals surface area contributed by atoms with Gasteiger partial charge in [-0.1, -0.05) is 26.7 Å². The second kappa shape index (κ2) is 16.8. The normalized spacial score (nSPS) is 10.2. The van der Waals surface area contributed by atoms with Crippen molar-refractivity contribution in [3.63, 3.8) is 0 Å². The van der Waals surface area contributed by atoms with Gasteiger partial charge < -0.3 is 10.6 Å². The first-order valence-electron chi connectivity index (χ1n) is 6.21. The summed E-state index contributed by atoms with van der Waals surface area (Å²) in [5.41, 5.74) is 5.21. The van der Waals surface area contributed by atoms with Crippen molar-refractivity contribution in [3.05, 3.63) is 0 Å². The lowest BCUT2D eigenvalue weighted by Crippen LogP contribution is -2.08. The van der Waals surface area contributed by atoms with Gasteiger partial charge in [0.05, 0.1) is 6.61 Å². The molecule has 0 saturated carbocycles. The lowest BCUT2D eigenvalue weighted by Gasteiger charge is -2.00. The van der Waals surface area contributed by atoms with Crippen molar-refractivity contribution in [3.8, 4) is 0 Å². The van der Waals surface area contributed by atoms with E-state index >= 15 is 0 Å². The van der Waals surface area contributed by atoms with Crippen LogP contribution in [0.4, 0.5) is 0 Å². The maximum Gasteiger partial charge on any atom is 0.397 e. The van der Waals surface area contributed by atoms with Gasteiger partial charge in [-0.2, -0.15) is 8.42 Å². The molecule has 18 heavy (non-hydrogen) atoms. The Hall–Kier alpha value is -0.210. The minimum absolute atomic E-state index is 0.0289. The van der Waals surface area contributed by atoms with Gasteiger partial charge in [-0.05, 0) is 40.5 Å². The van der Waals surface area contributed by atoms with Crippen molar-refractivity contribution in [2.24, 2.45) is 5.73 Å². The second-order valence-corrected chi connectivity index (χ2v) is 4.82. The van der Waals surface area contributed by atoms with E-state index in [9.17, 15) is 8.42 Å². The third kappa shape index (κ3) is 44.7. The number of unbranched alkanes of at least 4 members (excludes halogenated alkanes) is 2. The Morgan fingerprint density at radius 1 is 1.17 bits per heavy atom. The maximum atomic E-state index is 9.56. The molecule has 0 aromatic heterocycles. The third-order valence-corrected chi connectivity index (χ3v) is 2.24. The Labute approximate surface area is 112 Å². The first-order chi connectivity index (χ1) is 8.24. The molecule has 0 aromatic rings. The minimum Gasteiger partial charge on any atom is -0.330 e. The molecule has 0 radical (unpaired) electrons. The van der Waals surface area contributed by atoms with Crippen LogP contribution in [-0.4, -0.2) is 51.7 Å². The van der Waals surface area contributed by atoms with E-state index in [2.05, 4.69) is 37.0 Å². The molecule has 7 heteroatoms. The molecule has 3 N–H and O–H groups in total. The van der Waals surface area contributed by atoms with Crippen molar-refractivity contribution in [2.45, 2.75) is 40.0 Å². The number of hydrogen-bond acceptors (Lipinski definition) is 5. The maximum absolute atomic E-state index is 9.56. The third-order valence-electron chi connectivity index (χ3n) is 1.71. The predicted octanol–water partition coefficient (Wildman–Crippen LogP) is 1.53. The summed E-state index contributed by atoms with van der Waals surface area (Å²) >= 11 is 0. The Kier molecular flexibility index (Phi) is 21.4. The summed E-state index contributed by atoms with van der Waals surface area (Å²) in [5, 5.41) is 0. The summed E-state index contributed by atoms with van der Waals surface area (Å²) in [6, 6.07) is 0. The molecular formula is C11H30N2O4S. The van der Waals surface area contributed by atoms with Gasteiger partial charge in [-0.25, -0.2) is 4.18 Å². The van der Waals surface area contributed by atoms with Crippen molar-refractivity contribution in [1.29, 1.82) is 0 Å². The van der Waals surface area contributed by atoms with Crippen LogP contribution in [-0.2, 0) is 14.6 Å². The highest BCUT2D eigenvalue weighted by molar-refractivity contribution is 7.80. The molecule has 0 amide bonds. The molecule has 114 valence electrons. The summed E-state index contributed by atoms with van der Waals surface area (Å²) in [4.78, 5) is 2.12. The highest BCUT2D eigenvalue weighted by Gasteiger charge is 1.98. The van der Waals surface area contributed by atoms with E-state index in [1.165, 1.54) is 26.2 Å². The quantitative estimate of drug-likeness (QED) is 0.568. The van der Waals surface area contributed by atoms with E-state index in [-0.39, 0.29) is 6.61 Å². The van der Waals surface area contributed by atoms with E-state index in [0.29, 0.717) is 0 Å². The molecule has 6 nitrogen and oxygen atoms in total. The summed E-state index contributed by atoms with van der Waals surface area (Å²) in [5.74, 6) is 0. The molecule has 0 spiro atoms. The van der Waals surface area contributed by atoms with Gasteiger partial charge in [-0.15, -0.1) is 0 Å². The monoisotopic (exact) mass is 286 g/mol. The van der Waals surface area contributed by atoms with E-state index in [1.807, 2.05) is 0 Å². The van der Waals surface area contributed by atoms with Gasteiger partial charge >= 0.3 is 10.4 Å². The van der Waals surface area contributed by atoms with Crippen molar-refractivity contribution < 1.29 is 17.2 Å². The zero-order valence-corrected chi connectivity index (χ0v) is 13.2. The Bertz CT molecular complexity index is 227. The molecule has 0 atom stereocenters. The van der Waals surface area contributed by atoms with Gasteiger partial charge in [0.1, 0.15) is 0 Å². The van der Waals surface area contributed by atoms with Crippen molar-refractivity contribution in [1.82, 2.24) is 4.90 Å². The largest absolute Gasteiger partial charge is 0.397 e. The van der Waals surface area contributed by atoms with Crippen LogP contribution in [0.1, 0.15) is 40.0 Å². The zero-order chi connectivity index (χ0) is 15.0. The summed E-state index contributed by atoms with van der Waals surface area (Å²) in [6.07, 6.45) is 3.75. The molecule has 0 aliphatic rings. The van der Waals surface area contributed by atoms with Gasteiger partial charge in [-0.3, -0.25) is 4.55 Å². The Morgan fingerprint density at radius 2 is 1.61 bits per heavy atom. The highest BCUT2D eigenvalue weighted by Crippen LogP contribution is 1.88. The van der Waals surface area contributed by atoms with Crippen molar-refractivity contribution >= 4 is 10.4 Å². The fraction of sp³-hybridized carbons (Fsp3) is 1.00. The summed E-state index contributed by atoms with van der Waals surface area (Å²) in [6.45, 7) is 7.73. The van der Waals surface area contributed by atoms with Crippen LogP contribution in [0.25, 0.3) is 0 Å². The molecule has 0 saturated heterocycles. The zero-order valence-electron chi connectivity index (χ0n) is 12.3. The molecule has 0 fully saturated rings. The number of nitrogens with zero attached hydrogens (tertiary/aromatic N) is 1. The van der Waals surface area contributed by atoms with E-state index in [1.54, 1.807) is 0 Å². The molecule has 0 bridgehead atoms. The van der Waals surface area contributed by atoms with Gasteiger partial charge in [0.15, 0.2) is 0 Å². The van der Waals surface area contributed by atoms with Gasteiger partial charge in [0.2, 0.25) is 0 Å². The summed E-state index contributed by atoms with van der Waals surface area (Å²) in [7, 11) is -0.0631. The van der Waals surface area contributed by atoms with Gasteiger partial charge in [0, 0.05) is 0 Å². The van der Waals surface area contributed by atoms with Crippen LogP contribution < -0.4 is 5.73 Å². The standard InChI is InChI=1S/C5H13N.C4H11N.C2H6O4S/c1-2-3-4-5-6;1-4-5(2)3;1-2-6-7(3,4)5/h2-6H2,1H3;4H2,1-3H3;2H2,1H3,(H,3,4,5). The number of rotatable bonds is 6. The minimum atomic E-state index is -4.17. The molecule has 0 aliphatic carbocycles. The Morgan fingerprint density at radius 3 is 1.67 bits per heavy atom. The smallest absolute Gasteiger partial charge is 0.330 e. The van der Waals surface area contributed by atoms with E-state index < -0.39 is 10.4 Å². The van der Waals surface area contributed by atoms with Crippen LogP contribution >= 0.6 is 0 Å². The van der Waals surface area contributed by atoms with E-state index in [0.717, 1.165) is 13.1 Å². The topological polar surface area (TPSA) is 92.9 Å². The Balaban J connectivity index is -0.000000190. The number of hydrogen-bond donors (Lipinski definition) is 2. The first-order valence-corrected chi connectivity index (χ1v) is 7.58. The average molecular weight is 286 g/mol. The van der Waals surface area contributed by atoms with Gasteiger partial charge in [0.25, 0.3) is 0 Å². The molecule has 0 aromatic carbocycles. The SMILES string of the molecule is CCCCCN.CCN(C)C.CCOS(=O)(=O)O. The second-order valence-electron chi connectivity index (χ2n) is 3.73. The van der Waals surface area contributed by atoms with Crippen LogP contribution in [0.5, 0.6) is 0 Å². The van der Waals surface area contributed by atoms with Crippen LogP contribution in [0.3, 0.4) is 0 Å². The highest BCUT2D eigenvalue weighted by atomic mass is 32.3. The fourth-order valence-corrected chi connectivity index (χ4v) is 0.841. The fourth-order valence-electron chi connectivity index (χ4n) is 0.543. The molecule has 0 heterocycles. The first kappa shape index (κ1) is 22.9. The number of nitrogens with two attached hydrogens (primary N) is 1. The van der Waals surface area contributed by atoms with Crippen LogP contribution in [0.2, 0.25) is 0 Å². The van der Waals surface area contributed by atoms with Crippen LogP contribution in [0, 0.1) is 0 Å². The molecule has 0 aliphatic heterocycles.